The largest absolute Gasteiger partial charge is 0.394 e. The van der Waals surface area contributed by atoms with E-state index < -0.39 is 43.4 Å². The summed E-state index contributed by atoms with van der Waals surface area (Å²) in [6.07, 6.45) is -6.89. The minimum absolute atomic E-state index is 0.0413. The maximum absolute atomic E-state index is 10.1. The molecule has 2 aliphatic rings. The third-order valence-electron chi connectivity index (χ3n) is 4.87. The van der Waals surface area contributed by atoms with Crippen LogP contribution in [0.25, 0.3) is 0 Å². The summed E-state index contributed by atoms with van der Waals surface area (Å²) >= 11 is 0. The molecule has 0 aromatic rings. The first-order valence-corrected chi connectivity index (χ1v) is 8.44. The smallest absolute Gasteiger partial charge is 0.187 e. The van der Waals surface area contributed by atoms with E-state index in [0.29, 0.717) is 12.3 Å². The van der Waals surface area contributed by atoms with E-state index in [1.165, 1.54) is 0 Å². The number of aliphatic hydroxyl groups is 4. The Morgan fingerprint density at radius 1 is 1.08 bits per heavy atom. The molecule has 0 radical (unpaired) electrons. The highest BCUT2D eigenvalue weighted by Gasteiger charge is 2.47. The van der Waals surface area contributed by atoms with E-state index in [1.807, 2.05) is 6.92 Å². The molecule has 2 rings (SSSR count). The molecule has 0 aromatic heterocycles. The van der Waals surface area contributed by atoms with Crippen molar-refractivity contribution < 1.29 is 39.4 Å². The fraction of sp³-hybridized carbons (Fsp3) is 1.00. The molecule has 8 nitrogen and oxygen atoms in total. The van der Waals surface area contributed by atoms with Crippen molar-refractivity contribution in [3.05, 3.63) is 0 Å². The van der Waals surface area contributed by atoms with Crippen LogP contribution in [0.15, 0.2) is 0 Å². The summed E-state index contributed by atoms with van der Waals surface area (Å²) < 4.78 is 22.7. The molecular weight excluding hydrogens is 320 g/mol. The van der Waals surface area contributed by atoms with Crippen LogP contribution in [0.1, 0.15) is 27.2 Å². The Bertz CT molecular complexity index is 390. The van der Waals surface area contributed by atoms with Gasteiger partial charge in [0.25, 0.3) is 0 Å². The molecule has 8 heteroatoms. The molecular formula is C16H30O8. The maximum atomic E-state index is 10.1. The Balaban J connectivity index is 2.07. The minimum Gasteiger partial charge on any atom is -0.394 e. The average molecular weight is 350 g/mol. The van der Waals surface area contributed by atoms with E-state index in [-0.39, 0.29) is 18.3 Å². The summed E-state index contributed by atoms with van der Waals surface area (Å²) in [4.78, 5) is 0. The van der Waals surface area contributed by atoms with Gasteiger partial charge in [0.2, 0.25) is 0 Å². The van der Waals surface area contributed by atoms with Crippen molar-refractivity contribution in [1.82, 2.24) is 0 Å². The van der Waals surface area contributed by atoms with Gasteiger partial charge in [-0.25, -0.2) is 0 Å². The van der Waals surface area contributed by atoms with Crippen molar-refractivity contribution in [1.29, 1.82) is 0 Å². The second-order valence-corrected chi connectivity index (χ2v) is 6.93. The highest BCUT2D eigenvalue weighted by molar-refractivity contribution is 4.92. The predicted octanol–water partition coefficient (Wildman–Crippen LogP) is -0.980. The quantitative estimate of drug-likeness (QED) is 0.500. The second kappa shape index (κ2) is 8.37. The van der Waals surface area contributed by atoms with Gasteiger partial charge in [0, 0.05) is 13.5 Å². The Morgan fingerprint density at radius 2 is 1.75 bits per heavy atom. The molecule has 0 aliphatic carbocycles. The number of hydrogen-bond acceptors (Lipinski definition) is 8. The molecule has 2 saturated heterocycles. The Hall–Kier alpha value is -0.320. The van der Waals surface area contributed by atoms with Gasteiger partial charge in [0.05, 0.1) is 24.9 Å². The van der Waals surface area contributed by atoms with Crippen LogP contribution in [0.4, 0.5) is 0 Å². The molecule has 2 aliphatic heterocycles. The lowest BCUT2D eigenvalue weighted by atomic mass is 9.92. The Labute approximate surface area is 142 Å². The number of hydrogen-bond donors (Lipinski definition) is 4. The zero-order chi connectivity index (χ0) is 18.0. The van der Waals surface area contributed by atoms with Crippen LogP contribution in [0, 0.1) is 5.92 Å². The van der Waals surface area contributed by atoms with Crippen molar-refractivity contribution in [2.75, 3.05) is 13.7 Å². The van der Waals surface area contributed by atoms with E-state index in [2.05, 4.69) is 13.8 Å². The summed E-state index contributed by atoms with van der Waals surface area (Å²) in [6.45, 7) is 5.51. The van der Waals surface area contributed by atoms with Crippen LogP contribution < -0.4 is 0 Å². The van der Waals surface area contributed by atoms with Crippen molar-refractivity contribution >= 4 is 0 Å². The van der Waals surface area contributed by atoms with Crippen LogP contribution in [0.2, 0.25) is 0 Å². The van der Waals surface area contributed by atoms with Crippen molar-refractivity contribution in [3.63, 3.8) is 0 Å². The highest BCUT2D eigenvalue weighted by atomic mass is 16.7. The van der Waals surface area contributed by atoms with Gasteiger partial charge in [-0.05, 0) is 12.8 Å². The number of methoxy groups -OCH3 is 1. The maximum Gasteiger partial charge on any atom is 0.187 e. The van der Waals surface area contributed by atoms with Gasteiger partial charge in [0.1, 0.15) is 30.5 Å². The number of ether oxygens (including phenoxy) is 4. The molecule has 4 unspecified atom stereocenters. The molecule has 0 bridgehead atoms. The van der Waals surface area contributed by atoms with Crippen molar-refractivity contribution in [3.8, 4) is 0 Å². The molecule has 9 atom stereocenters. The molecule has 142 valence electrons. The summed E-state index contributed by atoms with van der Waals surface area (Å²) in [5.74, 6) is 0.332. The zero-order valence-corrected chi connectivity index (χ0v) is 14.6. The molecule has 4 N–H and O–H groups in total. The number of aliphatic hydroxyl groups excluding tert-OH is 4. The third-order valence-corrected chi connectivity index (χ3v) is 4.87. The lowest BCUT2D eigenvalue weighted by Crippen LogP contribution is -2.61. The Kier molecular flexibility index (Phi) is 6.98. The summed E-state index contributed by atoms with van der Waals surface area (Å²) in [5.41, 5.74) is 0. The van der Waals surface area contributed by atoms with Crippen molar-refractivity contribution in [2.24, 2.45) is 5.92 Å². The van der Waals surface area contributed by atoms with Crippen LogP contribution in [-0.4, -0.2) is 89.3 Å². The first-order chi connectivity index (χ1) is 11.3. The zero-order valence-electron chi connectivity index (χ0n) is 14.6. The third kappa shape index (κ3) is 4.08. The normalized spacial score (nSPS) is 47.1. The molecule has 2 fully saturated rings. The van der Waals surface area contributed by atoms with Crippen LogP contribution in [0.3, 0.4) is 0 Å². The van der Waals surface area contributed by atoms with Gasteiger partial charge < -0.3 is 39.4 Å². The first kappa shape index (κ1) is 20.0. The van der Waals surface area contributed by atoms with Gasteiger partial charge >= 0.3 is 0 Å². The second-order valence-electron chi connectivity index (χ2n) is 6.93. The van der Waals surface area contributed by atoms with Crippen LogP contribution >= 0.6 is 0 Å². The standard InChI is InChI=1S/C16H30O8/c1-7(2)9-5-10(21-4)15(8(3)22-9)24-16-14(20)13(19)12(18)11(6-17)23-16/h7-20H,5-6H2,1-4H3/t8?,9-,10?,11+,12+,13-,14+,15?,16?/m0/s1. The van der Waals surface area contributed by atoms with Crippen molar-refractivity contribution in [2.45, 2.75) is 82.3 Å². The summed E-state index contributed by atoms with van der Waals surface area (Å²) in [6, 6.07) is 0. The fourth-order valence-corrected chi connectivity index (χ4v) is 3.27. The van der Waals surface area contributed by atoms with Gasteiger partial charge in [-0.2, -0.15) is 0 Å². The van der Waals surface area contributed by atoms with Gasteiger partial charge in [-0.1, -0.05) is 13.8 Å². The van der Waals surface area contributed by atoms with E-state index in [0.717, 1.165) is 0 Å². The topological polar surface area (TPSA) is 118 Å². The predicted molar refractivity (Wildman–Crippen MR) is 83.2 cm³/mol. The van der Waals surface area contributed by atoms with E-state index in [9.17, 15) is 20.4 Å². The molecule has 0 spiro atoms. The molecule has 2 heterocycles. The summed E-state index contributed by atoms with van der Waals surface area (Å²) in [5, 5.41) is 39.1. The van der Waals surface area contributed by atoms with Gasteiger partial charge in [-0.15, -0.1) is 0 Å². The molecule has 0 amide bonds. The van der Waals surface area contributed by atoms with Crippen LogP contribution in [-0.2, 0) is 18.9 Å². The van der Waals surface area contributed by atoms with E-state index >= 15 is 0 Å². The molecule has 0 aromatic carbocycles. The van der Waals surface area contributed by atoms with E-state index in [4.69, 9.17) is 18.9 Å². The monoisotopic (exact) mass is 350 g/mol. The highest BCUT2D eigenvalue weighted by Crippen LogP contribution is 2.31. The summed E-state index contributed by atoms with van der Waals surface area (Å²) in [7, 11) is 1.59. The SMILES string of the molecule is COC1C[C@@H](C(C)C)OC(C)C1OC1O[C@H](CO)[C@@H](O)[C@H](O)[C@H]1O. The minimum atomic E-state index is -1.47. The fourth-order valence-electron chi connectivity index (χ4n) is 3.27. The van der Waals surface area contributed by atoms with Crippen LogP contribution in [0.5, 0.6) is 0 Å². The number of rotatable bonds is 5. The molecule has 24 heavy (non-hydrogen) atoms. The first-order valence-electron chi connectivity index (χ1n) is 8.44. The lowest BCUT2D eigenvalue weighted by molar-refractivity contribution is -0.333. The lowest BCUT2D eigenvalue weighted by Gasteiger charge is -2.45. The van der Waals surface area contributed by atoms with Gasteiger partial charge in [-0.3, -0.25) is 0 Å². The Morgan fingerprint density at radius 3 is 2.29 bits per heavy atom. The molecule has 0 saturated carbocycles. The van der Waals surface area contributed by atoms with Gasteiger partial charge in [0.15, 0.2) is 6.29 Å². The average Bonchev–Trinajstić information content (AvgIpc) is 2.56. The van der Waals surface area contributed by atoms with E-state index in [1.54, 1.807) is 7.11 Å².